The molecule has 110 valence electrons. The summed E-state index contributed by atoms with van der Waals surface area (Å²) in [6.45, 7) is 4.39. The Morgan fingerprint density at radius 1 is 1.45 bits per heavy atom. The second-order valence-corrected chi connectivity index (χ2v) is 5.66. The first-order chi connectivity index (χ1) is 9.53. The number of methoxy groups -OCH3 is 1. The number of rotatable bonds is 7. The summed E-state index contributed by atoms with van der Waals surface area (Å²) in [4.78, 5) is 12.0. The van der Waals surface area contributed by atoms with Gasteiger partial charge in [-0.1, -0.05) is 12.1 Å². The Morgan fingerprint density at radius 2 is 2.20 bits per heavy atom. The van der Waals surface area contributed by atoms with Crippen LogP contribution in [0.4, 0.5) is 0 Å². The summed E-state index contributed by atoms with van der Waals surface area (Å²) in [7, 11) is 1.43. The van der Waals surface area contributed by atoms with Crippen molar-refractivity contribution in [3.05, 3.63) is 29.8 Å². The van der Waals surface area contributed by atoms with Crippen LogP contribution in [0.2, 0.25) is 0 Å². The maximum Gasteiger partial charge on any atom is 0.325 e. The molecule has 1 aromatic carbocycles. The van der Waals surface area contributed by atoms with Gasteiger partial charge in [-0.2, -0.15) is 0 Å². The second kappa shape index (κ2) is 6.27. The Kier molecular flexibility index (Phi) is 4.65. The average molecular weight is 277 g/mol. The minimum Gasteiger partial charge on any atom is -0.493 e. The Hall–Kier alpha value is -1.55. The molecule has 4 nitrogen and oxygen atoms in total. The van der Waals surface area contributed by atoms with Crippen molar-refractivity contribution < 1.29 is 14.3 Å². The fraction of sp³-hybridized carbons (Fsp3) is 0.562. The van der Waals surface area contributed by atoms with Gasteiger partial charge in [0.1, 0.15) is 11.3 Å². The first-order valence-electron chi connectivity index (χ1n) is 7.09. The summed E-state index contributed by atoms with van der Waals surface area (Å²) in [5.41, 5.74) is 0.494. The van der Waals surface area contributed by atoms with E-state index in [0.717, 1.165) is 24.2 Å². The molecule has 1 aromatic rings. The molecule has 1 N–H and O–H groups in total. The second-order valence-electron chi connectivity index (χ2n) is 5.66. The number of nitrogens with one attached hydrogen (secondary N) is 1. The third kappa shape index (κ3) is 3.97. The van der Waals surface area contributed by atoms with Gasteiger partial charge in [-0.05, 0) is 44.4 Å². The highest BCUT2D eigenvalue weighted by molar-refractivity contribution is 5.80. The molecule has 1 unspecified atom stereocenters. The molecule has 1 aliphatic rings. The molecular weight excluding hydrogens is 254 g/mol. The smallest absolute Gasteiger partial charge is 0.325 e. The van der Waals surface area contributed by atoms with Gasteiger partial charge in [0.15, 0.2) is 0 Å². The summed E-state index contributed by atoms with van der Waals surface area (Å²) in [5.74, 6) is 0.612. The number of aryl methyl sites for hydroxylation is 1. The van der Waals surface area contributed by atoms with E-state index in [2.05, 4.69) is 5.32 Å². The molecule has 0 spiro atoms. The maximum absolute atomic E-state index is 12.0. The maximum atomic E-state index is 12.0. The predicted octanol–water partition coefficient (Wildman–Crippen LogP) is 2.45. The third-order valence-corrected chi connectivity index (χ3v) is 3.60. The minimum absolute atomic E-state index is 0.225. The number of ether oxygens (including phenoxy) is 2. The third-order valence-electron chi connectivity index (χ3n) is 3.60. The van der Waals surface area contributed by atoms with E-state index in [0.29, 0.717) is 19.1 Å². The standard InChI is InChI=1S/C16H23NO3/c1-12-5-4-6-14(11-12)20-10-9-16(2,15(18)19-3)17-13-7-8-13/h4-6,11,13,17H,7-10H2,1-3H3. The van der Waals surface area contributed by atoms with Gasteiger partial charge < -0.3 is 9.47 Å². The molecule has 0 aromatic heterocycles. The number of benzene rings is 1. The summed E-state index contributed by atoms with van der Waals surface area (Å²) >= 11 is 0. The van der Waals surface area contributed by atoms with Crippen molar-refractivity contribution >= 4 is 5.97 Å². The van der Waals surface area contributed by atoms with Gasteiger partial charge >= 0.3 is 5.97 Å². The van der Waals surface area contributed by atoms with Gasteiger partial charge in [0, 0.05) is 12.5 Å². The number of carbonyl (C=O) groups excluding carboxylic acids is 1. The highest BCUT2D eigenvalue weighted by Crippen LogP contribution is 2.25. The van der Waals surface area contributed by atoms with Crippen molar-refractivity contribution in [3.63, 3.8) is 0 Å². The van der Waals surface area contributed by atoms with E-state index in [1.165, 1.54) is 7.11 Å². The van der Waals surface area contributed by atoms with Gasteiger partial charge in [0.2, 0.25) is 0 Å². The van der Waals surface area contributed by atoms with E-state index < -0.39 is 5.54 Å². The van der Waals surface area contributed by atoms with Crippen LogP contribution >= 0.6 is 0 Å². The highest BCUT2D eigenvalue weighted by Gasteiger charge is 2.39. The van der Waals surface area contributed by atoms with Crippen LogP contribution < -0.4 is 10.1 Å². The summed E-state index contributed by atoms with van der Waals surface area (Å²) in [6, 6.07) is 8.35. The Bertz CT molecular complexity index is 471. The Balaban J connectivity index is 1.89. The van der Waals surface area contributed by atoms with Gasteiger partial charge in [0.05, 0.1) is 13.7 Å². The van der Waals surface area contributed by atoms with Crippen molar-refractivity contribution in [2.24, 2.45) is 0 Å². The van der Waals surface area contributed by atoms with Crippen LogP contribution in [0, 0.1) is 6.92 Å². The molecule has 1 saturated carbocycles. The molecule has 0 saturated heterocycles. The Morgan fingerprint density at radius 3 is 2.80 bits per heavy atom. The van der Waals surface area contributed by atoms with Crippen molar-refractivity contribution in [2.45, 2.75) is 44.7 Å². The summed E-state index contributed by atoms with van der Waals surface area (Å²) in [6.07, 6.45) is 2.85. The molecule has 1 atom stereocenters. The number of hydrogen-bond acceptors (Lipinski definition) is 4. The number of hydrogen-bond donors (Lipinski definition) is 1. The van der Waals surface area contributed by atoms with Crippen molar-refractivity contribution in [1.29, 1.82) is 0 Å². The molecule has 0 radical (unpaired) electrons. The Labute approximate surface area is 120 Å². The lowest BCUT2D eigenvalue weighted by molar-refractivity contribution is -0.148. The van der Waals surface area contributed by atoms with Crippen molar-refractivity contribution in [2.75, 3.05) is 13.7 Å². The zero-order chi connectivity index (χ0) is 14.6. The molecule has 1 fully saturated rings. The lowest BCUT2D eigenvalue weighted by Gasteiger charge is -2.28. The molecule has 1 aliphatic carbocycles. The first-order valence-corrected chi connectivity index (χ1v) is 7.09. The lowest BCUT2D eigenvalue weighted by Crippen LogP contribution is -2.52. The van der Waals surface area contributed by atoms with E-state index in [4.69, 9.17) is 9.47 Å². The molecule has 2 rings (SSSR count). The van der Waals surface area contributed by atoms with E-state index in [-0.39, 0.29) is 5.97 Å². The zero-order valence-electron chi connectivity index (χ0n) is 12.4. The van der Waals surface area contributed by atoms with Gasteiger partial charge in [0.25, 0.3) is 0 Å². The topological polar surface area (TPSA) is 47.6 Å². The minimum atomic E-state index is -0.667. The van der Waals surface area contributed by atoms with Crippen molar-refractivity contribution in [1.82, 2.24) is 5.32 Å². The predicted molar refractivity (Wildman–Crippen MR) is 77.9 cm³/mol. The largest absolute Gasteiger partial charge is 0.493 e. The average Bonchev–Trinajstić information content (AvgIpc) is 3.21. The monoisotopic (exact) mass is 277 g/mol. The fourth-order valence-electron chi connectivity index (χ4n) is 2.21. The quantitative estimate of drug-likeness (QED) is 0.778. The number of esters is 1. The molecule has 0 amide bonds. The molecule has 20 heavy (non-hydrogen) atoms. The van der Waals surface area contributed by atoms with Crippen LogP contribution in [0.1, 0.15) is 31.7 Å². The highest BCUT2D eigenvalue weighted by atomic mass is 16.5. The molecule has 0 bridgehead atoms. The van der Waals surface area contributed by atoms with Crippen LogP contribution in [0.25, 0.3) is 0 Å². The zero-order valence-corrected chi connectivity index (χ0v) is 12.4. The van der Waals surface area contributed by atoms with Gasteiger partial charge in [-0.25, -0.2) is 0 Å². The van der Waals surface area contributed by atoms with Crippen LogP contribution in [-0.4, -0.2) is 31.3 Å². The van der Waals surface area contributed by atoms with E-state index >= 15 is 0 Å². The van der Waals surface area contributed by atoms with Crippen molar-refractivity contribution in [3.8, 4) is 5.75 Å². The molecular formula is C16H23NO3. The van der Waals surface area contributed by atoms with Crippen LogP contribution in [0.3, 0.4) is 0 Å². The van der Waals surface area contributed by atoms with Gasteiger partial charge in [-0.3, -0.25) is 10.1 Å². The van der Waals surface area contributed by atoms with E-state index in [1.807, 2.05) is 38.1 Å². The van der Waals surface area contributed by atoms with E-state index in [9.17, 15) is 4.79 Å². The fourth-order valence-corrected chi connectivity index (χ4v) is 2.21. The SMILES string of the molecule is COC(=O)C(C)(CCOc1cccc(C)c1)NC1CC1. The molecule has 0 aliphatic heterocycles. The summed E-state index contributed by atoms with van der Waals surface area (Å²) in [5, 5.41) is 3.36. The number of carbonyl (C=O) groups is 1. The van der Waals surface area contributed by atoms with Crippen LogP contribution in [0.5, 0.6) is 5.75 Å². The molecule has 4 heteroatoms. The van der Waals surface area contributed by atoms with Crippen LogP contribution in [-0.2, 0) is 9.53 Å². The summed E-state index contributed by atoms with van der Waals surface area (Å²) < 4.78 is 10.6. The lowest BCUT2D eigenvalue weighted by atomic mass is 9.98. The van der Waals surface area contributed by atoms with Crippen LogP contribution in [0.15, 0.2) is 24.3 Å². The van der Waals surface area contributed by atoms with Gasteiger partial charge in [-0.15, -0.1) is 0 Å². The molecule has 0 heterocycles. The first kappa shape index (κ1) is 14.9. The van der Waals surface area contributed by atoms with E-state index in [1.54, 1.807) is 0 Å². The normalized spacial score (nSPS) is 17.4.